The van der Waals surface area contributed by atoms with Gasteiger partial charge in [-0.25, -0.2) is 4.79 Å². The quantitative estimate of drug-likeness (QED) is 0.550. The number of hydrogen-bond donors (Lipinski definition) is 1. The van der Waals surface area contributed by atoms with Crippen molar-refractivity contribution in [1.82, 2.24) is 5.32 Å². The number of halogens is 6. The van der Waals surface area contributed by atoms with E-state index in [4.69, 9.17) is 0 Å². The largest absolute Gasteiger partial charge is 0.467 e. The Morgan fingerprint density at radius 1 is 0.967 bits per heavy atom. The standard InChI is InChI=1S/C20H17F6NO3/c1-30-18(29)16(11-13-6-2-3-8-15(13)20(24,25)26)27-17(28)10-12-5-4-7-14(9-12)19(21,22)23/h2-9,16H,10-11H2,1H3,(H,27,28)/t16-/m1/s1. The molecule has 0 radical (unpaired) electrons. The summed E-state index contributed by atoms with van der Waals surface area (Å²) in [6, 6.07) is 7.14. The molecule has 0 aromatic heterocycles. The van der Waals surface area contributed by atoms with Gasteiger partial charge in [0.1, 0.15) is 6.04 Å². The smallest absolute Gasteiger partial charge is 0.416 e. The van der Waals surface area contributed by atoms with Gasteiger partial charge in [0.15, 0.2) is 0 Å². The predicted molar refractivity (Wildman–Crippen MR) is 94.2 cm³/mol. The van der Waals surface area contributed by atoms with E-state index < -0.39 is 54.2 Å². The lowest BCUT2D eigenvalue weighted by Crippen LogP contribution is -2.44. The molecule has 0 aliphatic rings. The molecule has 0 heterocycles. The molecule has 0 bridgehead atoms. The van der Waals surface area contributed by atoms with Crippen molar-refractivity contribution >= 4 is 11.9 Å². The lowest BCUT2D eigenvalue weighted by Gasteiger charge is -2.19. The van der Waals surface area contributed by atoms with Gasteiger partial charge in [-0.15, -0.1) is 0 Å². The van der Waals surface area contributed by atoms with Crippen LogP contribution in [0.2, 0.25) is 0 Å². The molecule has 0 aliphatic carbocycles. The van der Waals surface area contributed by atoms with Gasteiger partial charge in [-0.2, -0.15) is 26.3 Å². The third-order valence-corrected chi connectivity index (χ3v) is 4.19. The maximum atomic E-state index is 13.2. The number of rotatable bonds is 6. The summed E-state index contributed by atoms with van der Waals surface area (Å²) in [5, 5.41) is 2.24. The third kappa shape index (κ3) is 6.23. The number of benzene rings is 2. The number of methoxy groups -OCH3 is 1. The molecule has 0 unspecified atom stereocenters. The molecule has 2 aromatic rings. The van der Waals surface area contributed by atoms with Crippen molar-refractivity contribution in [1.29, 1.82) is 0 Å². The molecule has 0 spiro atoms. The molecule has 30 heavy (non-hydrogen) atoms. The van der Waals surface area contributed by atoms with Crippen molar-refractivity contribution in [2.24, 2.45) is 0 Å². The van der Waals surface area contributed by atoms with Crippen LogP contribution in [0.3, 0.4) is 0 Å². The van der Waals surface area contributed by atoms with Gasteiger partial charge in [-0.1, -0.05) is 36.4 Å². The normalized spacial score (nSPS) is 12.9. The molecule has 1 amide bonds. The zero-order chi connectivity index (χ0) is 22.5. The monoisotopic (exact) mass is 433 g/mol. The van der Waals surface area contributed by atoms with E-state index in [9.17, 15) is 35.9 Å². The van der Waals surface area contributed by atoms with Crippen molar-refractivity contribution in [3.8, 4) is 0 Å². The summed E-state index contributed by atoms with van der Waals surface area (Å²) in [6.45, 7) is 0. The summed E-state index contributed by atoms with van der Waals surface area (Å²) in [5.74, 6) is -1.82. The highest BCUT2D eigenvalue weighted by molar-refractivity contribution is 5.85. The van der Waals surface area contributed by atoms with E-state index in [1.165, 1.54) is 18.2 Å². The summed E-state index contributed by atoms with van der Waals surface area (Å²) >= 11 is 0. The van der Waals surface area contributed by atoms with Gasteiger partial charge in [0, 0.05) is 6.42 Å². The van der Waals surface area contributed by atoms with Crippen LogP contribution in [0, 0.1) is 0 Å². The van der Waals surface area contributed by atoms with Crippen molar-refractivity contribution in [2.75, 3.05) is 7.11 Å². The molecule has 2 rings (SSSR count). The van der Waals surface area contributed by atoms with Crippen LogP contribution >= 0.6 is 0 Å². The first kappa shape index (κ1) is 23.2. The first-order valence-corrected chi connectivity index (χ1v) is 8.60. The van der Waals surface area contributed by atoms with Crippen molar-refractivity contribution < 1.29 is 40.7 Å². The van der Waals surface area contributed by atoms with Crippen molar-refractivity contribution in [3.63, 3.8) is 0 Å². The van der Waals surface area contributed by atoms with Gasteiger partial charge in [0.2, 0.25) is 5.91 Å². The Morgan fingerprint density at radius 2 is 1.63 bits per heavy atom. The number of carbonyl (C=O) groups is 2. The minimum Gasteiger partial charge on any atom is -0.467 e. The Kier molecular flexibility index (Phi) is 7.12. The molecular formula is C20H17F6NO3. The van der Waals surface area contributed by atoms with Crippen molar-refractivity contribution in [3.05, 3.63) is 70.8 Å². The Labute approximate surface area is 167 Å². The Morgan fingerprint density at radius 3 is 2.23 bits per heavy atom. The second-order valence-corrected chi connectivity index (χ2v) is 6.38. The van der Waals surface area contributed by atoms with Gasteiger partial charge in [0.05, 0.1) is 24.7 Å². The van der Waals surface area contributed by atoms with Crippen LogP contribution in [-0.4, -0.2) is 25.0 Å². The predicted octanol–water partition coefficient (Wildman–Crippen LogP) is 4.17. The zero-order valence-corrected chi connectivity index (χ0v) is 15.6. The van der Waals surface area contributed by atoms with Crippen LogP contribution in [0.25, 0.3) is 0 Å². The zero-order valence-electron chi connectivity index (χ0n) is 15.6. The molecule has 0 saturated heterocycles. The summed E-state index contributed by atoms with van der Waals surface area (Å²) in [6.07, 6.45) is -10.3. The van der Waals surface area contributed by atoms with Crippen LogP contribution in [0.15, 0.2) is 48.5 Å². The van der Waals surface area contributed by atoms with E-state index in [0.717, 1.165) is 37.4 Å². The molecule has 2 aromatic carbocycles. The fourth-order valence-corrected chi connectivity index (χ4v) is 2.82. The van der Waals surface area contributed by atoms with Gasteiger partial charge in [-0.05, 0) is 23.3 Å². The van der Waals surface area contributed by atoms with E-state index >= 15 is 0 Å². The number of hydrogen-bond acceptors (Lipinski definition) is 3. The maximum Gasteiger partial charge on any atom is 0.416 e. The number of ether oxygens (including phenoxy) is 1. The summed E-state index contributed by atoms with van der Waals surface area (Å²) < 4.78 is 82.4. The van der Waals surface area contributed by atoms with Crippen LogP contribution in [-0.2, 0) is 39.5 Å². The van der Waals surface area contributed by atoms with Crippen molar-refractivity contribution in [2.45, 2.75) is 31.2 Å². The average Bonchev–Trinajstić information content (AvgIpc) is 2.66. The topological polar surface area (TPSA) is 55.4 Å². The minimum absolute atomic E-state index is 0.0293. The van der Waals surface area contributed by atoms with Crippen LogP contribution in [0.1, 0.15) is 22.3 Å². The van der Waals surface area contributed by atoms with Gasteiger partial charge >= 0.3 is 18.3 Å². The van der Waals surface area contributed by atoms with Gasteiger partial charge < -0.3 is 10.1 Å². The SMILES string of the molecule is COC(=O)[C@@H](Cc1ccccc1C(F)(F)F)NC(=O)Cc1cccc(C(F)(F)F)c1. The van der Waals surface area contributed by atoms with Crippen LogP contribution in [0.5, 0.6) is 0 Å². The molecule has 0 aliphatic heterocycles. The molecule has 162 valence electrons. The number of carbonyl (C=O) groups excluding carboxylic acids is 2. The number of nitrogens with one attached hydrogen (secondary N) is 1. The van der Waals surface area contributed by atoms with E-state index in [1.54, 1.807) is 0 Å². The Hall–Kier alpha value is -3.04. The number of alkyl halides is 6. The number of esters is 1. The van der Waals surface area contributed by atoms with E-state index in [2.05, 4.69) is 10.1 Å². The Balaban J connectivity index is 2.18. The van der Waals surface area contributed by atoms with E-state index in [-0.39, 0.29) is 11.1 Å². The highest BCUT2D eigenvalue weighted by Crippen LogP contribution is 2.32. The molecule has 10 heteroatoms. The molecule has 1 atom stereocenters. The van der Waals surface area contributed by atoms with E-state index in [0.29, 0.717) is 0 Å². The third-order valence-electron chi connectivity index (χ3n) is 4.19. The molecule has 0 saturated carbocycles. The highest BCUT2D eigenvalue weighted by atomic mass is 19.4. The fourth-order valence-electron chi connectivity index (χ4n) is 2.82. The van der Waals surface area contributed by atoms with Crippen LogP contribution < -0.4 is 5.32 Å². The average molecular weight is 433 g/mol. The second-order valence-electron chi connectivity index (χ2n) is 6.38. The first-order chi connectivity index (χ1) is 13.9. The van der Waals surface area contributed by atoms with Crippen LogP contribution in [0.4, 0.5) is 26.3 Å². The Bertz CT molecular complexity index is 908. The summed E-state index contributed by atoms with van der Waals surface area (Å²) in [4.78, 5) is 24.2. The molecule has 4 nitrogen and oxygen atoms in total. The molecule has 1 N–H and O–H groups in total. The summed E-state index contributed by atoms with van der Waals surface area (Å²) in [7, 11) is 1.00. The highest BCUT2D eigenvalue weighted by Gasteiger charge is 2.35. The lowest BCUT2D eigenvalue weighted by atomic mass is 9.99. The molecular weight excluding hydrogens is 416 g/mol. The second kappa shape index (κ2) is 9.19. The molecule has 0 fully saturated rings. The summed E-state index contributed by atoms with van der Waals surface area (Å²) in [5.41, 5.74) is -2.12. The van der Waals surface area contributed by atoms with Gasteiger partial charge in [0.25, 0.3) is 0 Å². The number of amides is 1. The minimum atomic E-state index is -4.67. The first-order valence-electron chi connectivity index (χ1n) is 8.60. The fraction of sp³-hybridized carbons (Fsp3) is 0.300. The van der Waals surface area contributed by atoms with Gasteiger partial charge in [-0.3, -0.25) is 4.79 Å². The lowest BCUT2D eigenvalue weighted by molar-refractivity contribution is -0.145. The van der Waals surface area contributed by atoms with E-state index in [1.807, 2.05) is 0 Å². The maximum absolute atomic E-state index is 13.2.